The molecule has 7 nitrogen and oxygen atoms in total. The molecule has 1 saturated carbocycles. The van der Waals surface area contributed by atoms with Gasteiger partial charge in [-0.05, 0) is 18.6 Å². The monoisotopic (exact) mass is 286 g/mol. The second kappa shape index (κ2) is 5.01. The molecule has 21 heavy (non-hydrogen) atoms. The van der Waals surface area contributed by atoms with Crippen LogP contribution < -0.4 is 5.32 Å². The van der Waals surface area contributed by atoms with Crippen molar-refractivity contribution in [1.82, 2.24) is 14.8 Å². The molecule has 2 atom stereocenters. The van der Waals surface area contributed by atoms with Crippen LogP contribution in [0.25, 0.3) is 11.4 Å². The van der Waals surface area contributed by atoms with Gasteiger partial charge in [0.15, 0.2) is 5.82 Å². The molecule has 2 N–H and O–H groups in total. The Balaban J connectivity index is 1.74. The van der Waals surface area contributed by atoms with Gasteiger partial charge in [-0.25, -0.2) is 0 Å². The molecule has 0 bridgehead atoms. The second-order valence-corrected chi connectivity index (χ2v) is 5.12. The van der Waals surface area contributed by atoms with E-state index >= 15 is 0 Å². The lowest BCUT2D eigenvalue weighted by Crippen LogP contribution is -2.16. The van der Waals surface area contributed by atoms with Crippen LogP contribution in [-0.2, 0) is 16.6 Å². The maximum atomic E-state index is 11.9. The van der Waals surface area contributed by atoms with Gasteiger partial charge in [0.2, 0.25) is 5.91 Å². The number of amides is 1. The molecule has 1 aliphatic carbocycles. The maximum Gasteiger partial charge on any atom is 0.307 e. The summed E-state index contributed by atoms with van der Waals surface area (Å²) in [5.74, 6) is -1.45. The van der Waals surface area contributed by atoms with Crippen LogP contribution in [0.15, 0.2) is 30.6 Å². The van der Waals surface area contributed by atoms with Gasteiger partial charge < -0.3 is 15.0 Å². The zero-order valence-electron chi connectivity index (χ0n) is 11.4. The lowest BCUT2D eigenvalue weighted by molar-refractivity contribution is -0.139. The van der Waals surface area contributed by atoms with E-state index in [1.165, 1.54) is 0 Å². The Morgan fingerprint density at radius 1 is 1.38 bits per heavy atom. The van der Waals surface area contributed by atoms with E-state index < -0.39 is 17.8 Å². The molecule has 1 amide bonds. The summed E-state index contributed by atoms with van der Waals surface area (Å²) in [7, 11) is 1.84. The average Bonchev–Trinajstić information content (AvgIpc) is 3.15. The fourth-order valence-electron chi connectivity index (χ4n) is 2.27. The maximum absolute atomic E-state index is 11.9. The largest absolute Gasteiger partial charge is 0.481 e. The minimum Gasteiger partial charge on any atom is -0.481 e. The molecular formula is C14H14N4O3. The zero-order valence-corrected chi connectivity index (χ0v) is 11.4. The van der Waals surface area contributed by atoms with Crippen molar-refractivity contribution >= 4 is 17.6 Å². The number of carboxylic acid groups (broad SMARTS) is 1. The van der Waals surface area contributed by atoms with E-state index in [-0.39, 0.29) is 5.91 Å². The number of carbonyl (C=O) groups is 2. The molecule has 7 heteroatoms. The molecule has 1 aromatic heterocycles. The highest BCUT2D eigenvalue weighted by Crippen LogP contribution is 2.39. The van der Waals surface area contributed by atoms with Crippen LogP contribution >= 0.6 is 0 Å². The minimum absolute atomic E-state index is 0.252. The summed E-state index contributed by atoms with van der Waals surface area (Å²) < 4.78 is 1.78. The fourth-order valence-corrected chi connectivity index (χ4v) is 2.27. The lowest BCUT2D eigenvalue weighted by Gasteiger charge is -2.06. The third-order valence-electron chi connectivity index (χ3n) is 3.54. The molecule has 3 rings (SSSR count). The molecule has 0 saturated heterocycles. The molecule has 2 unspecified atom stereocenters. The molecule has 108 valence electrons. The standard InChI is InChI=1S/C14H14N4O3/c1-18-7-15-17-12(18)8-3-2-4-9(5-8)16-13(19)10-6-11(10)14(20)21/h2-5,7,10-11H,6H2,1H3,(H,16,19)(H,20,21). The Hall–Kier alpha value is -2.70. The normalized spacial score (nSPS) is 20.0. The number of aromatic nitrogens is 3. The molecule has 1 aliphatic rings. The second-order valence-electron chi connectivity index (χ2n) is 5.12. The first-order valence-electron chi connectivity index (χ1n) is 6.54. The number of nitrogens with one attached hydrogen (secondary N) is 1. The van der Waals surface area contributed by atoms with Crippen molar-refractivity contribution in [3.63, 3.8) is 0 Å². The van der Waals surface area contributed by atoms with Crippen molar-refractivity contribution in [2.45, 2.75) is 6.42 Å². The molecule has 0 spiro atoms. The smallest absolute Gasteiger partial charge is 0.307 e. The van der Waals surface area contributed by atoms with E-state index in [4.69, 9.17) is 5.11 Å². The first-order chi connectivity index (χ1) is 10.1. The fraction of sp³-hybridized carbons (Fsp3) is 0.286. The summed E-state index contributed by atoms with van der Waals surface area (Å²) in [6.07, 6.45) is 2.01. The Kier molecular flexibility index (Phi) is 3.17. The van der Waals surface area contributed by atoms with E-state index in [0.717, 1.165) is 5.56 Å². The number of nitrogens with zero attached hydrogens (tertiary/aromatic N) is 3. The van der Waals surface area contributed by atoms with E-state index in [9.17, 15) is 9.59 Å². The Morgan fingerprint density at radius 2 is 2.19 bits per heavy atom. The molecule has 1 fully saturated rings. The Morgan fingerprint density at radius 3 is 2.81 bits per heavy atom. The van der Waals surface area contributed by atoms with Gasteiger partial charge in [0.1, 0.15) is 6.33 Å². The van der Waals surface area contributed by atoms with Crippen LogP contribution in [0.3, 0.4) is 0 Å². The Labute approximate surface area is 120 Å². The number of aryl methyl sites for hydroxylation is 1. The van der Waals surface area contributed by atoms with Crippen LogP contribution in [0.1, 0.15) is 6.42 Å². The van der Waals surface area contributed by atoms with Gasteiger partial charge in [-0.15, -0.1) is 10.2 Å². The topological polar surface area (TPSA) is 97.1 Å². The predicted octanol–water partition coefficient (Wildman–Crippen LogP) is 1.14. The zero-order chi connectivity index (χ0) is 15.0. The number of benzene rings is 1. The quantitative estimate of drug-likeness (QED) is 0.878. The van der Waals surface area contributed by atoms with Crippen LogP contribution in [-0.4, -0.2) is 31.7 Å². The molecule has 0 aliphatic heterocycles. The van der Waals surface area contributed by atoms with Gasteiger partial charge in [0.05, 0.1) is 11.8 Å². The Bertz CT molecular complexity index is 710. The third kappa shape index (κ3) is 2.62. The average molecular weight is 286 g/mol. The van der Waals surface area contributed by atoms with Crippen molar-refractivity contribution in [3.8, 4) is 11.4 Å². The minimum atomic E-state index is -0.914. The summed E-state index contributed by atoms with van der Waals surface area (Å²) in [4.78, 5) is 22.7. The van der Waals surface area contributed by atoms with E-state index in [1.54, 1.807) is 29.1 Å². The molecule has 0 radical (unpaired) electrons. The number of carbonyl (C=O) groups excluding carboxylic acids is 1. The highest BCUT2D eigenvalue weighted by molar-refractivity contribution is 5.98. The number of anilines is 1. The van der Waals surface area contributed by atoms with Crippen molar-refractivity contribution in [2.24, 2.45) is 18.9 Å². The van der Waals surface area contributed by atoms with E-state index in [1.807, 2.05) is 13.1 Å². The third-order valence-corrected chi connectivity index (χ3v) is 3.54. The van der Waals surface area contributed by atoms with Crippen molar-refractivity contribution in [2.75, 3.05) is 5.32 Å². The summed E-state index contributed by atoms with van der Waals surface area (Å²) in [6, 6.07) is 7.23. The van der Waals surface area contributed by atoms with Gasteiger partial charge in [-0.2, -0.15) is 0 Å². The highest BCUT2D eigenvalue weighted by atomic mass is 16.4. The molecular weight excluding hydrogens is 272 g/mol. The number of carboxylic acids is 1. The van der Waals surface area contributed by atoms with Crippen molar-refractivity contribution < 1.29 is 14.7 Å². The first kappa shape index (κ1) is 13.3. The van der Waals surface area contributed by atoms with Crippen LogP contribution in [0.2, 0.25) is 0 Å². The summed E-state index contributed by atoms with van der Waals surface area (Å²) in [5.41, 5.74) is 1.45. The number of aliphatic carboxylic acids is 1. The number of hydrogen-bond acceptors (Lipinski definition) is 4. The van der Waals surface area contributed by atoms with Crippen molar-refractivity contribution in [1.29, 1.82) is 0 Å². The molecule has 2 aromatic rings. The SMILES string of the molecule is Cn1cnnc1-c1cccc(NC(=O)C2CC2C(=O)O)c1. The number of hydrogen-bond donors (Lipinski definition) is 2. The van der Waals surface area contributed by atoms with E-state index in [2.05, 4.69) is 15.5 Å². The van der Waals surface area contributed by atoms with Gasteiger partial charge in [-0.3, -0.25) is 9.59 Å². The summed E-state index contributed by atoms with van der Waals surface area (Å²) >= 11 is 0. The van der Waals surface area contributed by atoms with Crippen molar-refractivity contribution in [3.05, 3.63) is 30.6 Å². The van der Waals surface area contributed by atoms with Crippen LogP contribution in [0.4, 0.5) is 5.69 Å². The summed E-state index contributed by atoms with van der Waals surface area (Å²) in [5, 5.41) is 19.4. The van der Waals surface area contributed by atoms with Gasteiger partial charge in [-0.1, -0.05) is 12.1 Å². The van der Waals surface area contributed by atoms with E-state index in [0.29, 0.717) is 17.9 Å². The first-order valence-corrected chi connectivity index (χ1v) is 6.54. The lowest BCUT2D eigenvalue weighted by atomic mass is 10.2. The van der Waals surface area contributed by atoms with Gasteiger partial charge >= 0.3 is 5.97 Å². The molecule has 1 aromatic carbocycles. The predicted molar refractivity (Wildman–Crippen MR) is 74.3 cm³/mol. The van der Waals surface area contributed by atoms with Crippen LogP contribution in [0.5, 0.6) is 0 Å². The summed E-state index contributed by atoms with van der Waals surface area (Å²) in [6.45, 7) is 0. The highest BCUT2D eigenvalue weighted by Gasteiger charge is 2.48. The van der Waals surface area contributed by atoms with Crippen LogP contribution in [0, 0.1) is 11.8 Å². The number of rotatable bonds is 4. The molecule has 1 heterocycles. The van der Waals surface area contributed by atoms with Gasteiger partial charge in [0.25, 0.3) is 0 Å². The van der Waals surface area contributed by atoms with Gasteiger partial charge in [0, 0.05) is 18.3 Å².